The van der Waals surface area contributed by atoms with Crippen molar-refractivity contribution in [2.24, 2.45) is 5.92 Å². The van der Waals surface area contributed by atoms with Gasteiger partial charge >= 0.3 is 0 Å². The van der Waals surface area contributed by atoms with Gasteiger partial charge in [0, 0.05) is 19.7 Å². The molecule has 1 aliphatic carbocycles. The lowest BCUT2D eigenvalue weighted by Gasteiger charge is -2.12. The maximum absolute atomic E-state index is 11.2. The van der Waals surface area contributed by atoms with Crippen LogP contribution in [0.4, 0.5) is 0 Å². The first kappa shape index (κ1) is 14.4. The van der Waals surface area contributed by atoms with Gasteiger partial charge in [-0.1, -0.05) is 6.92 Å². The number of nitrogens with one attached hydrogen (secondary N) is 2. The van der Waals surface area contributed by atoms with Gasteiger partial charge in [0.15, 0.2) is 0 Å². The molecule has 3 N–H and O–H groups in total. The van der Waals surface area contributed by atoms with E-state index < -0.39 is 6.10 Å². The van der Waals surface area contributed by atoms with Gasteiger partial charge in [-0.3, -0.25) is 4.79 Å². The van der Waals surface area contributed by atoms with Gasteiger partial charge in [0.05, 0.1) is 19.3 Å². The highest BCUT2D eigenvalue weighted by molar-refractivity contribution is 5.77. The minimum atomic E-state index is -0.535. The second kappa shape index (κ2) is 8.44. The zero-order valence-electron chi connectivity index (χ0n) is 10.6. The van der Waals surface area contributed by atoms with E-state index >= 15 is 0 Å². The van der Waals surface area contributed by atoms with Crippen LogP contribution in [0.1, 0.15) is 26.2 Å². The maximum atomic E-state index is 11.2. The molecule has 1 atom stereocenters. The summed E-state index contributed by atoms with van der Waals surface area (Å²) in [6, 6.07) is 0. The smallest absolute Gasteiger partial charge is 0.233 e. The van der Waals surface area contributed by atoms with Crippen LogP contribution in [0, 0.1) is 5.92 Å². The fourth-order valence-corrected chi connectivity index (χ4v) is 1.39. The Hall–Kier alpha value is -0.650. The van der Waals surface area contributed by atoms with E-state index in [1.807, 2.05) is 6.92 Å². The van der Waals surface area contributed by atoms with Crippen LogP contribution in [0.5, 0.6) is 0 Å². The number of amides is 1. The van der Waals surface area contributed by atoms with E-state index in [1.54, 1.807) is 0 Å². The van der Waals surface area contributed by atoms with Crippen LogP contribution < -0.4 is 10.6 Å². The van der Waals surface area contributed by atoms with Gasteiger partial charge in [-0.25, -0.2) is 0 Å². The number of aliphatic hydroxyl groups excluding tert-OH is 1. The Balaban J connectivity index is 1.87. The molecule has 0 aromatic rings. The number of ether oxygens (including phenoxy) is 1. The van der Waals surface area contributed by atoms with Crippen molar-refractivity contribution in [2.45, 2.75) is 32.3 Å². The number of hydrogen-bond donors (Lipinski definition) is 3. The van der Waals surface area contributed by atoms with Crippen molar-refractivity contribution in [3.05, 3.63) is 0 Å². The molecule has 5 heteroatoms. The maximum Gasteiger partial charge on any atom is 0.233 e. The minimum absolute atomic E-state index is 0.0297. The molecule has 1 aliphatic rings. The van der Waals surface area contributed by atoms with Crippen molar-refractivity contribution in [1.82, 2.24) is 10.6 Å². The number of carbonyl (C=O) groups is 1. The van der Waals surface area contributed by atoms with E-state index in [2.05, 4.69) is 10.6 Å². The number of aliphatic hydroxyl groups is 1. The molecule has 1 unspecified atom stereocenters. The van der Waals surface area contributed by atoms with Gasteiger partial charge in [0.1, 0.15) is 0 Å². The SMILES string of the molecule is CCCNC(=O)CNCC(O)COCC1CC1. The Morgan fingerprint density at radius 3 is 2.94 bits per heavy atom. The summed E-state index contributed by atoms with van der Waals surface area (Å²) in [6.45, 7) is 4.46. The van der Waals surface area contributed by atoms with Crippen LogP contribution in [0.25, 0.3) is 0 Å². The average molecular weight is 244 g/mol. The second-order valence-electron chi connectivity index (χ2n) is 4.62. The zero-order chi connectivity index (χ0) is 12.5. The first-order valence-corrected chi connectivity index (χ1v) is 6.45. The lowest BCUT2D eigenvalue weighted by Crippen LogP contribution is -2.38. The van der Waals surface area contributed by atoms with Gasteiger partial charge in [-0.05, 0) is 25.2 Å². The molecular formula is C12H24N2O3. The number of rotatable bonds is 10. The molecule has 1 amide bonds. The molecule has 5 nitrogen and oxygen atoms in total. The molecule has 0 spiro atoms. The van der Waals surface area contributed by atoms with Gasteiger partial charge < -0.3 is 20.5 Å². The molecule has 0 aromatic heterocycles. The van der Waals surface area contributed by atoms with Crippen LogP contribution >= 0.6 is 0 Å². The van der Waals surface area contributed by atoms with Gasteiger partial charge in [0.25, 0.3) is 0 Å². The third-order valence-corrected chi connectivity index (χ3v) is 2.60. The molecule has 100 valence electrons. The highest BCUT2D eigenvalue weighted by Crippen LogP contribution is 2.28. The quantitative estimate of drug-likeness (QED) is 0.501. The molecule has 0 aromatic carbocycles. The van der Waals surface area contributed by atoms with Gasteiger partial charge in [-0.2, -0.15) is 0 Å². The van der Waals surface area contributed by atoms with Crippen LogP contribution in [0.3, 0.4) is 0 Å². The summed E-state index contributed by atoms with van der Waals surface area (Å²) in [5.41, 5.74) is 0. The van der Waals surface area contributed by atoms with Crippen LogP contribution in [0.2, 0.25) is 0 Å². The molecule has 17 heavy (non-hydrogen) atoms. The summed E-state index contributed by atoms with van der Waals surface area (Å²) in [4.78, 5) is 11.2. The summed E-state index contributed by atoms with van der Waals surface area (Å²) >= 11 is 0. The fraction of sp³-hybridized carbons (Fsp3) is 0.917. The molecule has 1 fully saturated rings. The predicted molar refractivity (Wildman–Crippen MR) is 65.7 cm³/mol. The van der Waals surface area contributed by atoms with Gasteiger partial charge in [-0.15, -0.1) is 0 Å². The number of carbonyl (C=O) groups excluding carboxylic acids is 1. The molecule has 0 radical (unpaired) electrons. The molecule has 1 saturated carbocycles. The largest absolute Gasteiger partial charge is 0.389 e. The highest BCUT2D eigenvalue weighted by atomic mass is 16.5. The predicted octanol–water partition coefficient (Wildman–Crippen LogP) is -0.110. The highest BCUT2D eigenvalue weighted by Gasteiger charge is 2.21. The van der Waals surface area contributed by atoms with Crippen LogP contribution in [-0.2, 0) is 9.53 Å². The molecule has 0 heterocycles. The monoisotopic (exact) mass is 244 g/mol. The second-order valence-corrected chi connectivity index (χ2v) is 4.62. The fourth-order valence-electron chi connectivity index (χ4n) is 1.39. The summed E-state index contributed by atoms with van der Waals surface area (Å²) in [5, 5.41) is 15.2. The van der Waals surface area contributed by atoms with E-state index in [1.165, 1.54) is 12.8 Å². The van der Waals surface area contributed by atoms with Crippen molar-refractivity contribution in [3.63, 3.8) is 0 Å². The lowest BCUT2D eigenvalue weighted by molar-refractivity contribution is -0.120. The molecule has 0 bridgehead atoms. The number of hydrogen-bond acceptors (Lipinski definition) is 4. The Labute approximate surface area is 103 Å². The molecule has 0 saturated heterocycles. The first-order valence-electron chi connectivity index (χ1n) is 6.45. The molecule has 1 rings (SSSR count). The van der Waals surface area contributed by atoms with Crippen LogP contribution in [0.15, 0.2) is 0 Å². The van der Waals surface area contributed by atoms with E-state index in [4.69, 9.17) is 4.74 Å². The minimum Gasteiger partial charge on any atom is -0.389 e. The average Bonchev–Trinajstić information content (AvgIpc) is 3.10. The van der Waals surface area contributed by atoms with Crippen molar-refractivity contribution >= 4 is 5.91 Å². The van der Waals surface area contributed by atoms with E-state index in [0.29, 0.717) is 19.7 Å². The third-order valence-electron chi connectivity index (χ3n) is 2.60. The van der Waals surface area contributed by atoms with Gasteiger partial charge in [0.2, 0.25) is 5.91 Å². The van der Waals surface area contributed by atoms with Crippen molar-refractivity contribution in [3.8, 4) is 0 Å². The van der Waals surface area contributed by atoms with Crippen molar-refractivity contribution < 1.29 is 14.6 Å². The van der Waals surface area contributed by atoms with Crippen LogP contribution in [-0.4, -0.2) is 50.0 Å². The summed E-state index contributed by atoms with van der Waals surface area (Å²) in [7, 11) is 0. The van der Waals surface area contributed by atoms with E-state index in [0.717, 1.165) is 18.9 Å². The molecular weight excluding hydrogens is 220 g/mol. The summed E-state index contributed by atoms with van der Waals surface area (Å²) in [6.07, 6.45) is 2.91. The van der Waals surface area contributed by atoms with Crippen molar-refractivity contribution in [2.75, 3.05) is 32.8 Å². The normalized spacial score (nSPS) is 16.8. The third kappa shape index (κ3) is 8.12. The zero-order valence-corrected chi connectivity index (χ0v) is 10.6. The Bertz CT molecular complexity index is 220. The molecule has 0 aliphatic heterocycles. The Kier molecular flexibility index (Phi) is 7.16. The van der Waals surface area contributed by atoms with Crippen molar-refractivity contribution in [1.29, 1.82) is 0 Å². The van der Waals surface area contributed by atoms with E-state index in [9.17, 15) is 9.90 Å². The standard InChI is InChI=1S/C12H24N2O3/c1-2-5-14-12(16)7-13-6-11(15)9-17-8-10-3-4-10/h10-11,13,15H,2-9H2,1H3,(H,14,16). The lowest BCUT2D eigenvalue weighted by atomic mass is 10.3. The first-order chi connectivity index (χ1) is 8.22. The summed E-state index contributed by atoms with van der Waals surface area (Å²) in [5.74, 6) is 0.688. The topological polar surface area (TPSA) is 70.6 Å². The Morgan fingerprint density at radius 2 is 2.29 bits per heavy atom. The Morgan fingerprint density at radius 1 is 1.53 bits per heavy atom. The summed E-state index contributed by atoms with van der Waals surface area (Å²) < 4.78 is 5.35. The van der Waals surface area contributed by atoms with E-state index in [-0.39, 0.29) is 12.5 Å².